The number of methoxy groups -OCH3 is 1. The van der Waals surface area contributed by atoms with Gasteiger partial charge in [-0.3, -0.25) is 9.78 Å². The maximum absolute atomic E-state index is 11.1. The summed E-state index contributed by atoms with van der Waals surface area (Å²) in [5.74, 6) is 0.0779. The molecule has 1 rings (SSSR count). The zero-order valence-electron chi connectivity index (χ0n) is 7.96. The van der Waals surface area contributed by atoms with Crippen molar-refractivity contribution in [2.75, 3.05) is 19.0 Å². The van der Waals surface area contributed by atoms with Crippen LogP contribution in [0.5, 0.6) is 0 Å². The molecule has 7 nitrogen and oxygen atoms in total. The van der Waals surface area contributed by atoms with E-state index in [-0.39, 0.29) is 11.9 Å². The third kappa shape index (κ3) is 2.70. The second-order valence-electron chi connectivity index (χ2n) is 2.86. The Labute approximate surface area is 79.5 Å². The Balaban J connectivity index is 2.77. The van der Waals surface area contributed by atoms with Crippen LogP contribution in [0.4, 0.5) is 5.82 Å². The van der Waals surface area contributed by atoms with E-state index < -0.39 is 11.2 Å². The van der Waals surface area contributed by atoms with E-state index in [1.54, 1.807) is 7.11 Å². The summed E-state index contributed by atoms with van der Waals surface area (Å²) in [5.41, 5.74) is -1.17. The summed E-state index contributed by atoms with van der Waals surface area (Å²) in [6.45, 7) is 2.27. The van der Waals surface area contributed by atoms with Crippen molar-refractivity contribution in [2.45, 2.75) is 13.0 Å². The normalized spacial score (nSPS) is 12.4. The molecule has 1 aromatic rings. The highest BCUT2D eigenvalue weighted by Crippen LogP contribution is 1.92. The van der Waals surface area contributed by atoms with Gasteiger partial charge in [-0.1, -0.05) is 0 Å². The lowest BCUT2D eigenvalue weighted by atomic mass is 10.3. The molecule has 0 aliphatic heterocycles. The van der Waals surface area contributed by atoms with Crippen molar-refractivity contribution in [2.24, 2.45) is 0 Å². The maximum atomic E-state index is 11.1. The van der Waals surface area contributed by atoms with Crippen molar-refractivity contribution in [3.8, 4) is 0 Å². The third-order valence-electron chi connectivity index (χ3n) is 1.51. The molecule has 0 fully saturated rings. The van der Waals surface area contributed by atoms with Gasteiger partial charge in [-0.15, -0.1) is 5.10 Å². The van der Waals surface area contributed by atoms with Crippen molar-refractivity contribution in [3.05, 3.63) is 20.8 Å². The largest absolute Gasteiger partial charge is 0.383 e. The van der Waals surface area contributed by atoms with Crippen LogP contribution in [0.1, 0.15) is 6.92 Å². The number of anilines is 1. The van der Waals surface area contributed by atoms with Gasteiger partial charge < -0.3 is 10.1 Å². The molecule has 0 saturated carbocycles. The molecule has 0 amide bonds. The van der Waals surface area contributed by atoms with Crippen LogP contribution in [0.15, 0.2) is 9.59 Å². The van der Waals surface area contributed by atoms with Gasteiger partial charge in [0.05, 0.1) is 6.61 Å². The predicted octanol–water partition coefficient (Wildman–Crippen LogP) is -1.09. The first-order valence-electron chi connectivity index (χ1n) is 4.08. The molecule has 1 atom stereocenters. The quantitative estimate of drug-likeness (QED) is 0.573. The summed E-state index contributed by atoms with van der Waals surface area (Å²) in [4.78, 5) is 23.8. The Morgan fingerprint density at radius 1 is 1.57 bits per heavy atom. The van der Waals surface area contributed by atoms with E-state index in [2.05, 4.69) is 20.5 Å². The van der Waals surface area contributed by atoms with Crippen LogP contribution in [0.2, 0.25) is 0 Å². The first kappa shape index (κ1) is 10.5. The topological polar surface area (TPSA) is 99.9 Å². The Kier molecular flexibility index (Phi) is 3.41. The first-order chi connectivity index (χ1) is 6.63. The number of hydrogen-bond donors (Lipinski definition) is 3. The highest BCUT2D eigenvalue weighted by atomic mass is 16.5. The molecular weight excluding hydrogens is 188 g/mol. The van der Waals surface area contributed by atoms with Crippen LogP contribution in [-0.4, -0.2) is 34.9 Å². The molecule has 0 bridgehead atoms. The van der Waals surface area contributed by atoms with Crippen LogP contribution < -0.4 is 16.6 Å². The zero-order chi connectivity index (χ0) is 10.6. The molecule has 3 N–H and O–H groups in total. The van der Waals surface area contributed by atoms with Gasteiger partial charge in [-0.2, -0.15) is 0 Å². The zero-order valence-corrected chi connectivity index (χ0v) is 7.96. The van der Waals surface area contributed by atoms with Crippen LogP contribution in [0, 0.1) is 0 Å². The van der Waals surface area contributed by atoms with Gasteiger partial charge >= 0.3 is 5.69 Å². The second-order valence-corrected chi connectivity index (χ2v) is 2.86. The fraction of sp³-hybridized carbons (Fsp3) is 0.571. The summed E-state index contributed by atoms with van der Waals surface area (Å²) in [5, 5.41) is 8.46. The monoisotopic (exact) mass is 200 g/mol. The average Bonchev–Trinajstić information content (AvgIpc) is 2.10. The number of ether oxygens (including phenoxy) is 1. The summed E-state index contributed by atoms with van der Waals surface area (Å²) >= 11 is 0. The molecule has 0 aliphatic rings. The lowest BCUT2D eigenvalue weighted by Gasteiger charge is -2.11. The van der Waals surface area contributed by atoms with Crippen molar-refractivity contribution in [1.29, 1.82) is 0 Å². The van der Waals surface area contributed by atoms with Gasteiger partial charge in [-0.25, -0.2) is 9.89 Å². The average molecular weight is 200 g/mol. The minimum Gasteiger partial charge on any atom is -0.383 e. The third-order valence-corrected chi connectivity index (χ3v) is 1.51. The number of hydrogen-bond acceptors (Lipinski definition) is 5. The lowest BCUT2D eigenvalue weighted by molar-refractivity contribution is 0.190. The van der Waals surface area contributed by atoms with E-state index in [1.807, 2.05) is 6.92 Å². The van der Waals surface area contributed by atoms with Gasteiger partial charge in [-0.05, 0) is 6.92 Å². The van der Waals surface area contributed by atoms with Crippen LogP contribution >= 0.6 is 0 Å². The number of H-pyrrole nitrogens is 2. The van der Waals surface area contributed by atoms with E-state index in [0.29, 0.717) is 6.61 Å². The molecule has 78 valence electrons. The van der Waals surface area contributed by atoms with E-state index in [1.165, 1.54) is 0 Å². The van der Waals surface area contributed by atoms with E-state index in [0.717, 1.165) is 0 Å². The predicted molar refractivity (Wildman–Crippen MR) is 50.4 cm³/mol. The summed E-state index contributed by atoms with van der Waals surface area (Å²) < 4.78 is 4.86. The molecule has 0 radical (unpaired) electrons. The summed E-state index contributed by atoms with van der Waals surface area (Å²) in [6, 6.07) is -0.0560. The smallest absolute Gasteiger partial charge is 0.342 e. The Morgan fingerprint density at radius 2 is 2.29 bits per heavy atom. The van der Waals surface area contributed by atoms with E-state index in [4.69, 9.17) is 4.74 Å². The molecule has 0 aromatic carbocycles. The molecule has 0 aliphatic carbocycles. The molecular formula is C7H12N4O3. The fourth-order valence-corrected chi connectivity index (χ4v) is 0.971. The second kappa shape index (κ2) is 4.56. The minimum atomic E-state index is -0.625. The molecule has 1 heterocycles. The van der Waals surface area contributed by atoms with Crippen molar-refractivity contribution < 1.29 is 4.74 Å². The molecule has 1 unspecified atom stereocenters. The molecule has 0 saturated heterocycles. The molecule has 7 heteroatoms. The van der Waals surface area contributed by atoms with E-state index >= 15 is 0 Å². The summed E-state index contributed by atoms with van der Waals surface area (Å²) in [7, 11) is 1.56. The Morgan fingerprint density at radius 3 is 2.86 bits per heavy atom. The maximum Gasteiger partial charge on any atom is 0.342 e. The minimum absolute atomic E-state index is 0.0560. The van der Waals surface area contributed by atoms with Crippen molar-refractivity contribution in [1.82, 2.24) is 15.2 Å². The van der Waals surface area contributed by atoms with Gasteiger partial charge in [0, 0.05) is 13.2 Å². The molecule has 1 aromatic heterocycles. The lowest BCUT2D eigenvalue weighted by Crippen LogP contribution is -2.31. The Bertz CT molecular complexity index is 396. The van der Waals surface area contributed by atoms with Crippen LogP contribution in [0.25, 0.3) is 0 Å². The van der Waals surface area contributed by atoms with Gasteiger partial charge in [0.25, 0.3) is 5.56 Å². The van der Waals surface area contributed by atoms with Crippen LogP contribution in [0.3, 0.4) is 0 Å². The fourth-order valence-electron chi connectivity index (χ4n) is 0.971. The van der Waals surface area contributed by atoms with Crippen molar-refractivity contribution >= 4 is 5.82 Å². The molecule has 14 heavy (non-hydrogen) atoms. The number of nitrogens with zero attached hydrogens (tertiary/aromatic N) is 1. The number of rotatable bonds is 4. The SMILES string of the molecule is COCC(C)Nc1n[nH]c(=O)[nH]c1=O. The standard InChI is InChI=1S/C7H12N4O3/c1-4(3-14-2)8-5-6(12)9-7(13)11-10-5/h4H,3H2,1-2H3,(H,8,10)(H2,9,11,12,13). The van der Waals surface area contributed by atoms with Gasteiger partial charge in [0.15, 0.2) is 0 Å². The number of nitrogens with one attached hydrogen (secondary N) is 3. The highest BCUT2D eigenvalue weighted by Gasteiger charge is 2.05. The highest BCUT2D eigenvalue weighted by molar-refractivity contribution is 5.29. The van der Waals surface area contributed by atoms with Gasteiger partial charge in [0.1, 0.15) is 0 Å². The number of aromatic amines is 2. The van der Waals surface area contributed by atoms with Crippen LogP contribution in [-0.2, 0) is 4.74 Å². The Hall–Kier alpha value is -1.63. The first-order valence-corrected chi connectivity index (χ1v) is 4.08. The number of aromatic nitrogens is 3. The van der Waals surface area contributed by atoms with Gasteiger partial charge in [0.2, 0.25) is 5.82 Å². The molecule has 0 spiro atoms. The van der Waals surface area contributed by atoms with Crippen molar-refractivity contribution in [3.63, 3.8) is 0 Å². The van der Waals surface area contributed by atoms with E-state index in [9.17, 15) is 9.59 Å². The summed E-state index contributed by atoms with van der Waals surface area (Å²) in [6.07, 6.45) is 0.